The predicted octanol–water partition coefficient (Wildman–Crippen LogP) is 2.71. The summed E-state index contributed by atoms with van der Waals surface area (Å²) >= 11 is 0. The van der Waals surface area contributed by atoms with Crippen LogP contribution in [-0.4, -0.2) is 57.1 Å². The van der Waals surface area contributed by atoms with E-state index in [-0.39, 0.29) is 18.5 Å². The zero-order chi connectivity index (χ0) is 24.8. The minimum absolute atomic E-state index is 0.0975. The maximum absolute atomic E-state index is 13.5. The second kappa shape index (κ2) is 11.2. The molecule has 0 aromatic heterocycles. The number of nitrogens with zero attached hydrogens (tertiary/aromatic N) is 2. The van der Waals surface area contributed by atoms with Gasteiger partial charge in [-0.25, -0.2) is 8.42 Å². The first-order valence-corrected chi connectivity index (χ1v) is 12.5. The molecular weight excluding hydrogens is 442 g/mol. The van der Waals surface area contributed by atoms with Gasteiger partial charge in [0.25, 0.3) is 0 Å². The van der Waals surface area contributed by atoms with Gasteiger partial charge < -0.3 is 15.0 Å². The number of sulfonamides is 1. The fourth-order valence-corrected chi connectivity index (χ4v) is 4.18. The molecule has 2 aromatic rings. The summed E-state index contributed by atoms with van der Waals surface area (Å²) in [6.07, 6.45) is 1.04. The molecular formula is C24H33N3O5S. The molecule has 1 atom stereocenters. The first-order valence-electron chi connectivity index (χ1n) is 10.7. The normalized spacial score (nSPS) is 12.2. The average molecular weight is 476 g/mol. The van der Waals surface area contributed by atoms with Crippen LogP contribution in [0.5, 0.6) is 5.75 Å². The molecule has 0 radical (unpaired) electrons. The van der Waals surface area contributed by atoms with E-state index in [1.165, 1.54) is 12.0 Å². The van der Waals surface area contributed by atoms with Gasteiger partial charge in [0.1, 0.15) is 18.3 Å². The molecule has 2 rings (SSSR count). The van der Waals surface area contributed by atoms with Crippen molar-refractivity contribution in [2.75, 3.05) is 24.2 Å². The molecule has 8 nitrogen and oxygen atoms in total. The highest BCUT2D eigenvalue weighted by Gasteiger charge is 2.30. The van der Waals surface area contributed by atoms with Crippen molar-refractivity contribution >= 4 is 27.5 Å². The van der Waals surface area contributed by atoms with Crippen LogP contribution in [0.1, 0.15) is 31.9 Å². The lowest BCUT2D eigenvalue weighted by atomic mass is 10.1. The van der Waals surface area contributed by atoms with E-state index in [1.54, 1.807) is 31.2 Å². The maximum atomic E-state index is 13.5. The summed E-state index contributed by atoms with van der Waals surface area (Å²) in [6.45, 7) is 6.98. The van der Waals surface area contributed by atoms with Crippen molar-refractivity contribution in [1.82, 2.24) is 10.2 Å². The van der Waals surface area contributed by atoms with E-state index >= 15 is 0 Å². The Labute approximate surface area is 196 Å². The Kier molecular flexibility index (Phi) is 8.87. The molecule has 0 spiro atoms. The lowest BCUT2D eigenvalue weighted by Crippen LogP contribution is -2.52. The third kappa shape index (κ3) is 7.21. The zero-order valence-electron chi connectivity index (χ0n) is 20.0. The van der Waals surface area contributed by atoms with E-state index in [0.717, 1.165) is 21.7 Å². The molecule has 180 valence electrons. The minimum atomic E-state index is -3.79. The summed E-state index contributed by atoms with van der Waals surface area (Å²) in [5, 5.41) is 2.83. The molecule has 0 fully saturated rings. The van der Waals surface area contributed by atoms with E-state index in [1.807, 2.05) is 45.0 Å². The van der Waals surface area contributed by atoms with Gasteiger partial charge in [0.05, 0.1) is 19.1 Å². The number of anilines is 1. The first kappa shape index (κ1) is 26.2. The van der Waals surface area contributed by atoms with Gasteiger partial charge in [-0.15, -0.1) is 0 Å². The van der Waals surface area contributed by atoms with Crippen molar-refractivity contribution in [3.63, 3.8) is 0 Å². The van der Waals surface area contributed by atoms with Crippen molar-refractivity contribution in [2.24, 2.45) is 0 Å². The molecule has 2 aromatic carbocycles. The number of benzene rings is 2. The molecule has 0 heterocycles. The van der Waals surface area contributed by atoms with Crippen molar-refractivity contribution in [2.45, 2.75) is 46.3 Å². The summed E-state index contributed by atoms with van der Waals surface area (Å²) in [6, 6.07) is 13.2. The fraction of sp³-hybridized carbons (Fsp3) is 0.417. The number of nitrogens with one attached hydrogen (secondary N) is 1. The van der Waals surface area contributed by atoms with Crippen LogP contribution in [0.15, 0.2) is 48.5 Å². The van der Waals surface area contributed by atoms with Crippen LogP contribution < -0.4 is 14.4 Å². The minimum Gasteiger partial charge on any atom is -0.497 e. The number of ether oxygens (including phenoxy) is 1. The highest BCUT2D eigenvalue weighted by molar-refractivity contribution is 7.92. The van der Waals surface area contributed by atoms with Crippen LogP contribution in [-0.2, 0) is 26.2 Å². The van der Waals surface area contributed by atoms with Crippen molar-refractivity contribution < 1.29 is 22.7 Å². The fourth-order valence-electron chi connectivity index (χ4n) is 3.34. The molecule has 0 aliphatic heterocycles. The number of aryl methyl sites for hydroxylation is 1. The third-order valence-electron chi connectivity index (χ3n) is 5.22. The molecule has 9 heteroatoms. The summed E-state index contributed by atoms with van der Waals surface area (Å²) < 4.78 is 31.4. The number of methoxy groups -OCH3 is 1. The number of rotatable bonds is 10. The van der Waals surface area contributed by atoms with Crippen LogP contribution in [0.3, 0.4) is 0 Å². The van der Waals surface area contributed by atoms with Crippen molar-refractivity contribution in [3.05, 3.63) is 59.7 Å². The molecule has 33 heavy (non-hydrogen) atoms. The number of hydrogen-bond acceptors (Lipinski definition) is 5. The van der Waals surface area contributed by atoms with Gasteiger partial charge in [0, 0.05) is 18.7 Å². The molecule has 0 aliphatic carbocycles. The van der Waals surface area contributed by atoms with Crippen LogP contribution in [0.2, 0.25) is 0 Å². The standard InChI is InChI=1S/C24H33N3O5S/c1-17(2)25-24(29)19(4)26(15-20-11-8-7-10-18(20)3)23(28)16-27(33(6,30)31)21-12-9-13-22(14-21)32-5/h7-14,17,19H,15-16H2,1-6H3,(H,25,29)/t19-/m1/s1. The summed E-state index contributed by atoms with van der Waals surface area (Å²) in [5.41, 5.74) is 2.15. The monoisotopic (exact) mass is 475 g/mol. The van der Waals surface area contributed by atoms with Crippen LogP contribution in [0.25, 0.3) is 0 Å². The van der Waals surface area contributed by atoms with Gasteiger partial charge in [-0.3, -0.25) is 13.9 Å². The van der Waals surface area contributed by atoms with E-state index in [2.05, 4.69) is 5.32 Å². The van der Waals surface area contributed by atoms with Crippen LogP contribution >= 0.6 is 0 Å². The predicted molar refractivity (Wildman–Crippen MR) is 130 cm³/mol. The summed E-state index contributed by atoms with van der Waals surface area (Å²) in [4.78, 5) is 27.7. The molecule has 2 amide bonds. The zero-order valence-corrected chi connectivity index (χ0v) is 20.8. The molecule has 1 N–H and O–H groups in total. The Morgan fingerprint density at radius 2 is 1.73 bits per heavy atom. The van der Waals surface area contributed by atoms with E-state index in [9.17, 15) is 18.0 Å². The Hall–Kier alpha value is -3.07. The topological polar surface area (TPSA) is 96.0 Å². The number of hydrogen-bond donors (Lipinski definition) is 1. The largest absolute Gasteiger partial charge is 0.497 e. The second-order valence-corrected chi connectivity index (χ2v) is 10.2. The average Bonchev–Trinajstić information content (AvgIpc) is 2.75. The molecule has 0 saturated heterocycles. The third-order valence-corrected chi connectivity index (χ3v) is 6.36. The lowest BCUT2D eigenvalue weighted by Gasteiger charge is -2.32. The van der Waals surface area contributed by atoms with Crippen LogP contribution in [0, 0.1) is 6.92 Å². The van der Waals surface area contributed by atoms with Gasteiger partial charge >= 0.3 is 0 Å². The van der Waals surface area contributed by atoms with Gasteiger partial charge in [0.15, 0.2) is 0 Å². The number of amides is 2. The Morgan fingerprint density at radius 1 is 1.06 bits per heavy atom. The van der Waals surface area contributed by atoms with Gasteiger partial charge in [0.2, 0.25) is 21.8 Å². The second-order valence-electron chi connectivity index (χ2n) is 8.26. The highest BCUT2D eigenvalue weighted by Crippen LogP contribution is 2.24. The quantitative estimate of drug-likeness (QED) is 0.570. The van der Waals surface area contributed by atoms with E-state index < -0.39 is 28.5 Å². The highest BCUT2D eigenvalue weighted by atomic mass is 32.2. The van der Waals surface area contributed by atoms with Crippen LogP contribution in [0.4, 0.5) is 5.69 Å². The van der Waals surface area contributed by atoms with Gasteiger partial charge in [-0.2, -0.15) is 0 Å². The smallest absolute Gasteiger partial charge is 0.244 e. The Balaban J connectivity index is 2.42. The summed E-state index contributed by atoms with van der Waals surface area (Å²) in [7, 11) is -2.31. The molecule has 0 saturated carbocycles. The number of carbonyl (C=O) groups is 2. The summed E-state index contributed by atoms with van der Waals surface area (Å²) in [5.74, 6) is -0.327. The van der Waals surface area contributed by atoms with Crippen molar-refractivity contribution in [3.8, 4) is 5.75 Å². The lowest BCUT2D eigenvalue weighted by molar-refractivity contribution is -0.139. The molecule has 0 unspecified atom stereocenters. The Morgan fingerprint density at radius 3 is 2.30 bits per heavy atom. The van der Waals surface area contributed by atoms with Crippen molar-refractivity contribution in [1.29, 1.82) is 0 Å². The first-order chi connectivity index (χ1) is 15.4. The van der Waals surface area contributed by atoms with E-state index in [0.29, 0.717) is 11.4 Å². The molecule has 0 bridgehead atoms. The Bertz CT molecular complexity index is 1090. The molecule has 0 aliphatic rings. The number of carbonyl (C=O) groups excluding carboxylic acids is 2. The van der Waals surface area contributed by atoms with Gasteiger partial charge in [-0.1, -0.05) is 30.3 Å². The van der Waals surface area contributed by atoms with Gasteiger partial charge in [-0.05, 0) is 51.0 Å². The van der Waals surface area contributed by atoms with E-state index in [4.69, 9.17) is 4.74 Å². The maximum Gasteiger partial charge on any atom is 0.244 e. The SMILES string of the molecule is COc1cccc(N(CC(=O)N(Cc2ccccc2C)[C@H](C)C(=O)NC(C)C)S(C)(=O)=O)c1.